The van der Waals surface area contributed by atoms with Gasteiger partial charge in [0.15, 0.2) is 0 Å². The zero-order valence-electron chi connectivity index (χ0n) is 13.2. The highest BCUT2D eigenvalue weighted by Crippen LogP contribution is 2.30. The van der Waals surface area contributed by atoms with Gasteiger partial charge in [-0.1, -0.05) is 30.3 Å². The second kappa shape index (κ2) is 7.25. The van der Waals surface area contributed by atoms with Crippen molar-refractivity contribution in [2.75, 3.05) is 19.6 Å². The molecule has 1 aromatic carbocycles. The fourth-order valence-electron chi connectivity index (χ4n) is 3.23. The molecule has 1 saturated heterocycles. The molecule has 0 bridgehead atoms. The van der Waals surface area contributed by atoms with Gasteiger partial charge in [0.05, 0.1) is 0 Å². The number of rotatable bonds is 6. The van der Waals surface area contributed by atoms with Gasteiger partial charge in [-0.15, -0.1) is 0 Å². The molecule has 0 spiro atoms. The summed E-state index contributed by atoms with van der Waals surface area (Å²) in [7, 11) is 0. The maximum atomic E-state index is 12.2. The van der Waals surface area contributed by atoms with Crippen molar-refractivity contribution in [1.82, 2.24) is 10.2 Å². The SMILES string of the molecule is NC(CC(=O)NC1CCN(CC2CC2)CC1)c1ccccc1. The summed E-state index contributed by atoms with van der Waals surface area (Å²) in [4.78, 5) is 14.7. The predicted octanol–water partition coefficient (Wildman–Crippen LogP) is 2.07. The minimum Gasteiger partial charge on any atom is -0.353 e. The molecule has 1 aromatic rings. The molecule has 2 aliphatic rings. The van der Waals surface area contributed by atoms with E-state index >= 15 is 0 Å². The Morgan fingerprint density at radius 1 is 1.18 bits per heavy atom. The topological polar surface area (TPSA) is 58.4 Å². The van der Waals surface area contributed by atoms with Crippen molar-refractivity contribution in [3.05, 3.63) is 35.9 Å². The highest BCUT2D eigenvalue weighted by molar-refractivity contribution is 5.77. The molecule has 4 heteroatoms. The predicted molar refractivity (Wildman–Crippen MR) is 88.3 cm³/mol. The Bertz CT molecular complexity index is 478. The van der Waals surface area contributed by atoms with Crippen molar-refractivity contribution in [3.8, 4) is 0 Å². The van der Waals surface area contributed by atoms with Crippen molar-refractivity contribution < 1.29 is 4.79 Å². The van der Waals surface area contributed by atoms with E-state index in [1.807, 2.05) is 30.3 Å². The van der Waals surface area contributed by atoms with Crippen molar-refractivity contribution in [1.29, 1.82) is 0 Å². The number of hydrogen-bond donors (Lipinski definition) is 2. The van der Waals surface area contributed by atoms with Crippen molar-refractivity contribution in [2.24, 2.45) is 11.7 Å². The van der Waals surface area contributed by atoms with Gasteiger partial charge in [0.2, 0.25) is 5.91 Å². The van der Waals surface area contributed by atoms with Crippen molar-refractivity contribution in [2.45, 2.75) is 44.2 Å². The quantitative estimate of drug-likeness (QED) is 0.845. The van der Waals surface area contributed by atoms with Crippen LogP contribution in [0.3, 0.4) is 0 Å². The number of nitrogens with zero attached hydrogens (tertiary/aromatic N) is 1. The maximum Gasteiger partial charge on any atom is 0.222 e. The molecule has 3 N–H and O–H groups in total. The normalized spacial score (nSPS) is 21.5. The van der Waals surface area contributed by atoms with E-state index < -0.39 is 0 Å². The maximum absolute atomic E-state index is 12.2. The van der Waals surface area contributed by atoms with Crippen LogP contribution >= 0.6 is 0 Å². The minimum atomic E-state index is -0.212. The molecule has 0 aromatic heterocycles. The molecule has 3 rings (SSSR count). The Kier molecular flexibility index (Phi) is 5.11. The van der Waals surface area contributed by atoms with Gasteiger partial charge >= 0.3 is 0 Å². The number of carbonyl (C=O) groups is 1. The van der Waals surface area contributed by atoms with Gasteiger partial charge in [-0.05, 0) is 37.2 Å². The van der Waals surface area contributed by atoms with E-state index in [1.54, 1.807) is 0 Å². The fraction of sp³-hybridized carbons (Fsp3) is 0.611. The van der Waals surface area contributed by atoms with Crippen LogP contribution < -0.4 is 11.1 Å². The lowest BCUT2D eigenvalue weighted by atomic mass is 10.0. The molecule has 1 aliphatic heterocycles. The van der Waals surface area contributed by atoms with Crippen molar-refractivity contribution in [3.63, 3.8) is 0 Å². The molecule has 1 heterocycles. The van der Waals surface area contributed by atoms with E-state index in [2.05, 4.69) is 10.2 Å². The van der Waals surface area contributed by atoms with Crippen LogP contribution in [-0.2, 0) is 4.79 Å². The van der Waals surface area contributed by atoms with Crippen LogP contribution in [-0.4, -0.2) is 36.5 Å². The summed E-state index contributed by atoms with van der Waals surface area (Å²) in [6.45, 7) is 3.50. The number of benzene rings is 1. The lowest BCUT2D eigenvalue weighted by Crippen LogP contribution is -2.45. The number of hydrogen-bond acceptors (Lipinski definition) is 3. The van der Waals surface area contributed by atoms with Crippen LogP contribution in [0.15, 0.2) is 30.3 Å². The van der Waals surface area contributed by atoms with Crippen LogP contribution in [0.25, 0.3) is 0 Å². The van der Waals surface area contributed by atoms with E-state index in [1.165, 1.54) is 19.4 Å². The number of carbonyl (C=O) groups excluding carboxylic acids is 1. The minimum absolute atomic E-state index is 0.0806. The van der Waals surface area contributed by atoms with Gasteiger partial charge in [-0.2, -0.15) is 0 Å². The molecule has 0 radical (unpaired) electrons. The molecule has 22 heavy (non-hydrogen) atoms. The second-order valence-corrected chi connectivity index (χ2v) is 6.81. The van der Waals surface area contributed by atoms with Crippen LogP contribution in [0.2, 0.25) is 0 Å². The number of amides is 1. The summed E-state index contributed by atoms with van der Waals surface area (Å²) >= 11 is 0. The highest BCUT2D eigenvalue weighted by Gasteiger charge is 2.27. The average molecular weight is 301 g/mol. The number of nitrogens with one attached hydrogen (secondary N) is 1. The van der Waals surface area contributed by atoms with Gasteiger partial charge in [0.1, 0.15) is 0 Å². The van der Waals surface area contributed by atoms with Gasteiger partial charge in [-0.3, -0.25) is 4.79 Å². The smallest absolute Gasteiger partial charge is 0.222 e. The summed E-state index contributed by atoms with van der Waals surface area (Å²) in [5.41, 5.74) is 7.14. The summed E-state index contributed by atoms with van der Waals surface area (Å²) in [6.07, 6.45) is 5.33. The zero-order valence-corrected chi connectivity index (χ0v) is 13.2. The van der Waals surface area contributed by atoms with E-state index in [4.69, 9.17) is 5.73 Å². The Labute approximate surface area is 133 Å². The molecule has 1 saturated carbocycles. The van der Waals surface area contributed by atoms with E-state index in [-0.39, 0.29) is 11.9 Å². The third-order valence-electron chi connectivity index (χ3n) is 4.80. The summed E-state index contributed by atoms with van der Waals surface area (Å²) < 4.78 is 0. The molecular weight excluding hydrogens is 274 g/mol. The van der Waals surface area contributed by atoms with Crippen LogP contribution in [0.5, 0.6) is 0 Å². The molecule has 120 valence electrons. The average Bonchev–Trinajstić information content (AvgIpc) is 3.34. The van der Waals surface area contributed by atoms with Crippen LogP contribution in [0.4, 0.5) is 0 Å². The molecule has 1 unspecified atom stereocenters. The standard InChI is InChI=1S/C18H27N3O/c19-17(15-4-2-1-3-5-15)12-18(22)20-16-8-10-21(11-9-16)13-14-6-7-14/h1-5,14,16-17H,6-13,19H2,(H,20,22). The Balaban J connectivity index is 1.38. The first kappa shape index (κ1) is 15.5. The molecular formula is C18H27N3O. The first-order valence-corrected chi connectivity index (χ1v) is 8.53. The summed E-state index contributed by atoms with van der Waals surface area (Å²) in [5, 5.41) is 3.16. The van der Waals surface area contributed by atoms with Gasteiger partial charge in [-0.25, -0.2) is 0 Å². The van der Waals surface area contributed by atoms with Crippen molar-refractivity contribution >= 4 is 5.91 Å². The second-order valence-electron chi connectivity index (χ2n) is 6.81. The van der Waals surface area contributed by atoms with Crippen LogP contribution in [0, 0.1) is 5.92 Å². The highest BCUT2D eigenvalue weighted by atomic mass is 16.1. The monoisotopic (exact) mass is 301 g/mol. The third-order valence-corrected chi connectivity index (χ3v) is 4.80. The molecule has 1 atom stereocenters. The fourth-order valence-corrected chi connectivity index (χ4v) is 3.23. The lowest BCUT2D eigenvalue weighted by Gasteiger charge is -2.32. The lowest BCUT2D eigenvalue weighted by molar-refractivity contribution is -0.122. The van der Waals surface area contributed by atoms with Gasteiger partial charge in [0.25, 0.3) is 0 Å². The Hall–Kier alpha value is -1.39. The summed E-state index contributed by atoms with van der Waals surface area (Å²) in [5.74, 6) is 1.03. The van der Waals surface area contributed by atoms with E-state index in [0.717, 1.165) is 37.4 Å². The first-order chi connectivity index (χ1) is 10.7. The number of piperidine rings is 1. The van der Waals surface area contributed by atoms with E-state index in [0.29, 0.717) is 12.5 Å². The first-order valence-electron chi connectivity index (χ1n) is 8.53. The molecule has 4 nitrogen and oxygen atoms in total. The molecule has 1 amide bonds. The largest absolute Gasteiger partial charge is 0.353 e. The van der Waals surface area contributed by atoms with E-state index in [9.17, 15) is 4.79 Å². The zero-order chi connectivity index (χ0) is 15.4. The van der Waals surface area contributed by atoms with Gasteiger partial charge < -0.3 is 16.0 Å². The molecule has 2 fully saturated rings. The van der Waals surface area contributed by atoms with Crippen LogP contribution in [0.1, 0.15) is 43.7 Å². The third kappa shape index (κ3) is 4.55. The summed E-state index contributed by atoms with van der Waals surface area (Å²) in [6, 6.07) is 9.96. The number of likely N-dealkylation sites (tertiary alicyclic amines) is 1. The van der Waals surface area contributed by atoms with Gasteiger partial charge in [0, 0.05) is 38.1 Å². The number of nitrogens with two attached hydrogens (primary N) is 1. The Morgan fingerprint density at radius 2 is 1.86 bits per heavy atom. The Morgan fingerprint density at radius 3 is 2.50 bits per heavy atom. The molecule has 1 aliphatic carbocycles.